The van der Waals surface area contributed by atoms with E-state index in [1.165, 1.54) is 18.3 Å². The molecule has 8 heteroatoms. The Morgan fingerprint density at radius 1 is 1.33 bits per heavy atom. The molecule has 0 atom stereocenters. The van der Waals surface area contributed by atoms with Crippen molar-refractivity contribution in [2.24, 2.45) is 5.73 Å². The summed E-state index contributed by atoms with van der Waals surface area (Å²) < 4.78 is 0. The topological polar surface area (TPSA) is 100 Å². The maximum Gasteiger partial charge on any atom is 0.269 e. The average Bonchev–Trinajstić information content (AvgIpc) is 2.48. The number of pyridine rings is 1. The van der Waals surface area contributed by atoms with E-state index < -0.39 is 5.91 Å². The van der Waals surface area contributed by atoms with Gasteiger partial charge < -0.3 is 16.4 Å². The molecule has 1 aliphatic rings. The highest BCUT2D eigenvalue weighted by Gasteiger charge is 2.11. The monoisotopic (exact) mass is 313 g/mol. The second-order valence-electron chi connectivity index (χ2n) is 4.64. The predicted molar refractivity (Wildman–Crippen MR) is 81.6 cm³/mol. The highest BCUT2D eigenvalue weighted by molar-refractivity contribution is 5.95. The standard InChI is InChI=1S/C13H19N5O2.ClH/c14-12(19)10-1-2-11(17-9-10)13(20)16-5-8-18-6-3-15-4-7-18;/h1-2,9,15H,3-8H2,(H2,14,19)(H,16,20);1H. The largest absolute Gasteiger partial charge is 0.366 e. The van der Waals surface area contributed by atoms with Crippen LogP contribution in [-0.2, 0) is 0 Å². The van der Waals surface area contributed by atoms with Crippen LogP contribution in [0.5, 0.6) is 0 Å². The molecule has 21 heavy (non-hydrogen) atoms. The normalized spacial score (nSPS) is 15.0. The summed E-state index contributed by atoms with van der Waals surface area (Å²) in [6.45, 7) is 5.39. The zero-order valence-corrected chi connectivity index (χ0v) is 12.5. The second-order valence-corrected chi connectivity index (χ2v) is 4.64. The lowest BCUT2D eigenvalue weighted by molar-refractivity contribution is 0.0939. The van der Waals surface area contributed by atoms with Crippen molar-refractivity contribution in [3.63, 3.8) is 0 Å². The molecular formula is C13H20ClN5O2. The van der Waals surface area contributed by atoms with E-state index in [2.05, 4.69) is 20.5 Å². The maximum absolute atomic E-state index is 11.8. The van der Waals surface area contributed by atoms with Crippen LogP contribution in [0, 0.1) is 0 Å². The van der Waals surface area contributed by atoms with Gasteiger partial charge in [0.25, 0.3) is 5.91 Å². The minimum atomic E-state index is -0.553. The van der Waals surface area contributed by atoms with Crippen LogP contribution in [0.4, 0.5) is 0 Å². The van der Waals surface area contributed by atoms with E-state index in [1.807, 2.05) is 0 Å². The van der Waals surface area contributed by atoms with Gasteiger partial charge in [0.05, 0.1) is 5.56 Å². The van der Waals surface area contributed by atoms with Gasteiger partial charge >= 0.3 is 0 Å². The van der Waals surface area contributed by atoms with Gasteiger partial charge in [-0.3, -0.25) is 19.5 Å². The molecule has 2 rings (SSSR count). The third-order valence-electron chi connectivity index (χ3n) is 3.20. The van der Waals surface area contributed by atoms with Crippen molar-refractivity contribution in [3.8, 4) is 0 Å². The molecule has 2 amide bonds. The number of nitrogens with zero attached hydrogens (tertiary/aromatic N) is 2. The Hall–Kier alpha value is -1.70. The Kier molecular flexibility index (Phi) is 7.07. The SMILES string of the molecule is Cl.NC(=O)c1ccc(C(=O)NCCN2CCNCC2)nc1. The summed E-state index contributed by atoms with van der Waals surface area (Å²) in [6.07, 6.45) is 1.31. The van der Waals surface area contributed by atoms with Gasteiger partial charge in [-0.05, 0) is 12.1 Å². The Morgan fingerprint density at radius 2 is 2.05 bits per heavy atom. The van der Waals surface area contributed by atoms with E-state index in [-0.39, 0.29) is 24.0 Å². The Balaban J connectivity index is 0.00000220. The van der Waals surface area contributed by atoms with Crippen molar-refractivity contribution >= 4 is 24.2 Å². The number of primary amides is 1. The average molecular weight is 314 g/mol. The molecule has 7 nitrogen and oxygen atoms in total. The summed E-state index contributed by atoms with van der Waals surface area (Å²) in [4.78, 5) is 29.0. The van der Waals surface area contributed by atoms with Crippen LogP contribution in [0.2, 0.25) is 0 Å². The quantitative estimate of drug-likeness (QED) is 0.663. The van der Waals surface area contributed by atoms with Crippen molar-refractivity contribution in [1.29, 1.82) is 0 Å². The van der Waals surface area contributed by atoms with Crippen molar-refractivity contribution in [2.75, 3.05) is 39.3 Å². The van der Waals surface area contributed by atoms with Crippen LogP contribution in [0.3, 0.4) is 0 Å². The molecule has 2 heterocycles. The molecule has 0 bridgehead atoms. The third kappa shape index (κ3) is 5.30. The molecule has 4 N–H and O–H groups in total. The van der Waals surface area contributed by atoms with Gasteiger partial charge in [-0.25, -0.2) is 0 Å². The maximum atomic E-state index is 11.8. The highest BCUT2D eigenvalue weighted by atomic mass is 35.5. The van der Waals surface area contributed by atoms with Crippen LogP contribution in [-0.4, -0.2) is 61.0 Å². The smallest absolute Gasteiger partial charge is 0.269 e. The fourth-order valence-corrected chi connectivity index (χ4v) is 2.03. The number of hydrogen-bond acceptors (Lipinski definition) is 5. The number of nitrogens with one attached hydrogen (secondary N) is 2. The Bertz CT molecular complexity index is 474. The number of carbonyl (C=O) groups is 2. The number of aromatic nitrogens is 1. The highest BCUT2D eigenvalue weighted by Crippen LogP contribution is 1.99. The number of hydrogen-bond donors (Lipinski definition) is 3. The van der Waals surface area contributed by atoms with Crippen molar-refractivity contribution < 1.29 is 9.59 Å². The molecule has 0 saturated carbocycles. The zero-order valence-electron chi connectivity index (χ0n) is 11.7. The van der Waals surface area contributed by atoms with E-state index in [0.29, 0.717) is 12.1 Å². The lowest BCUT2D eigenvalue weighted by Crippen LogP contribution is -2.46. The first-order valence-corrected chi connectivity index (χ1v) is 6.64. The van der Waals surface area contributed by atoms with Crippen LogP contribution in [0.1, 0.15) is 20.8 Å². The van der Waals surface area contributed by atoms with Crippen LogP contribution >= 0.6 is 12.4 Å². The molecule has 0 aliphatic carbocycles. The number of nitrogens with two attached hydrogens (primary N) is 1. The second kappa shape index (κ2) is 8.56. The molecule has 1 fully saturated rings. The summed E-state index contributed by atoms with van der Waals surface area (Å²) >= 11 is 0. The van der Waals surface area contributed by atoms with Crippen LogP contribution in [0.25, 0.3) is 0 Å². The van der Waals surface area contributed by atoms with E-state index in [1.54, 1.807) is 0 Å². The minimum absolute atomic E-state index is 0. The molecule has 0 unspecified atom stereocenters. The minimum Gasteiger partial charge on any atom is -0.366 e. The van der Waals surface area contributed by atoms with Crippen LogP contribution in [0.15, 0.2) is 18.3 Å². The number of halogens is 1. The molecule has 1 aromatic heterocycles. The van der Waals surface area contributed by atoms with Gasteiger partial charge in [0.15, 0.2) is 0 Å². The molecule has 1 saturated heterocycles. The molecule has 116 valence electrons. The zero-order chi connectivity index (χ0) is 14.4. The fourth-order valence-electron chi connectivity index (χ4n) is 2.03. The lowest BCUT2D eigenvalue weighted by Gasteiger charge is -2.27. The van der Waals surface area contributed by atoms with Crippen LogP contribution < -0.4 is 16.4 Å². The first-order chi connectivity index (χ1) is 9.66. The molecular weight excluding hydrogens is 294 g/mol. The molecule has 0 spiro atoms. The van der Waals surface area contributed by atoms with Crippen molar-refractivity contribution in [3.05, 3.63) is 29.6 Å². The first kappa shape index (κ1) is 17.4. The number of rotatable bonds is 5. The predicted octanol–water partition coefficient (Wildman–Crippen LogP) is -0.763. The van der Waals surface area contributed by atoms with E-state index in [9.17, 15) is 9.59 Å². The lowest BCUT2D eigenvalue weighted by atomic mass is 10.2. The van der Waals surface area contributed by atoms with Crippen molar-refractivity contribution in [1.82, 2.24) is 20.5 Å². The molecule has 0 radical (unpaired) electrons. The summed E-state index contributed by atoms with van der Waals surface area (Å²) in [7, 11) is 0. The third-order valence-corrected chi connectivity index (χ3v) is 3.20. The molecule has 1 aromatic rings. The molecule has 1 aliphatic heterocycles. The van der Waals surface area contributed by atoms with Crippen molar-refractivity contribution in [2.45, 2.75) is 0 Å². The number of carbonyl (C=O) groups excluding carboxylic acids is 2. The van der Waals surface area contributed by atoms with Gasteiger partial charge in [0.1, 0.15) is 5.69 Å². The summed E-state index contributed by atoms with van der Waals surface area (Å²) in [6, 6.07) is 3.00. The summed E-state index contributed by atoms with van der Waals surface area (Å²) in [5.41, 5.74) is 5.69. The molecule has 0 aromatic carbocycles. The fraction of sp³-hybridized carbons (Fsp3) is 0.462. The Morgan fingerprint density at radius 3 is 2.62 bits per heavy atom. The summed E-state index contributed by atoms with van der Waals surface area (Å²) in [5, 5.41) is 6.09. The van der Waals surface area contributed by atoms with Gasteiger partial charge in [-0.1, -0.05) is 0 Å². The first-order valence-electron chi connectivity index (χ1n) is 6.64. The number of amides is 2. The van der Waals surface area contributed by atoms with E-state index in [0.717, 1.165) is 32.7 Å². The van der Waals surface area contributed by atoms with Gasteiger partial charge in [0.2, 0.25) is 5.91 Å². The van der Waals surface area contributed by atoms with Gasteiger partial charge in [-0.15, -0.1) is 12.4 Å². The number of piperazine rings is 1. The van der Waals surface area contributed by atoms with Gasteiger partial charge in [-0.2, -0.15) is 0 Å². The van der Waals surface area contributed by atoms with E-state index >= 15 is 0 Å². The summed E-state index contributed by atoms with van der Waals surface area (Å²) in [5.74, 6) is -0.792. The van der Waals surface area contributed by atoms with E-state index in [4.69, 9.17) is 5.73 Å². The Labute approximate surface area is 129 Å². The van der Waals surface area contributed by atoms with Gasteiger partial charge in [0, 0.05) is 45.5 Å².